The molecule has 0 saturated carbocycles. The molecule has 0 aliphatic carbocycles. The van der Waals surface area contributed by atoms with Crippen LogP contribution in [0.1, 0.15) is 34.1 Å². The fourth-order valence-electron chi connectivity index (χ4n) is 1.10. The quantitative estimate of drug-likeness (QED) is 0.711. The fourth-order valence-corrected chi connectivity index (χ4v) is 1.10. The van der Waals surface area contributed by atoms with Gasteiger partial charge in [0.15, 0.2) is 0 Å². The molecule has 0 aromatic heterocycles. The van der Waals surface area contributed by atoms with Crippen LogP contribution in [0.25, 0.3) is 0 Å². The molecule has 0 spiro atoms. The highest BCUT2D eigenvalue weighted by atomic mass is 16.3. The Hall–Kier alpha value is -0.610. The van der Waals surface area contributed by atoms with E-state index in [0.717, 1.165) is 0 Å². The molecule has 0 aliphatic heterocycles. The summed E-state index contributed by atoms with van der Waals surface area (Å²) in [6, 6.07) is 0.0834. The highest BCUT2D eigenvalue weighted by molar-refractivity contribution is 5.76. The minimum Gasteiger partial charge on any atom is -0.389 e. The topological polar surface area (TPSA) is 52.6 Å². The Morgan fingerprint density at radius 1 is 1.38 bits per heavy atom. The zero-order valence-corrected chi connectivity index (χ0v) is 11.4. The second-order valence-electron chi connectivity index (χ2n) is 5.29. The molecule has 2 unspecified atom stereocenters. The standard InChI is InChI=1S/C12H26N2O2/c1-9(2)12(4,16)8-13-10(3)7-11(15)14(5)6/h9-10,13,16H,7-8H2,1-6H3. The molecule has 16 heavy (non-hydrogen) atoms. The Morgan fingerprint density at radius 3 is 2.25 bits per heavy atom. The van der Waals surface area contributed by atoms with Crippen LogP contribution in [0.5, 0.6) is 0 Å². The highest BCUT2D eigenvalue weighted by Gasteiger charge is 2.25. The Kier molecular flexibility index (Phi) is 5.97. The summed E-state index contributed by atoms with van der Waals surface area (Å²) in [4.78, 5) is 13.0. The van der Waals surface area contributed by atoms with Gasteiger partial charge >= 0.3 is 0 Å². The van der Waals surface area contributed by atoms with Crippen molar-refractivity contribution in [2.75, 3.05) is 20.6 Å². The summed E-state index contributed by atoms with van der Waals surface area (Å²) in [5, 5.41) is 13.2. The molecule has 0 radical (unpaired) electrons. The summed E-state index contributed by atoms with van der Waals surface area (Å²) in [5.41, 5.74) is -0.727. The molecule has 0 heterocycles. The monoisotopic (exact) mass is 230 g/mol. The molecule has 0 bridgehead atoms. The average Bonchev–Trinajstić information content (AvgIpc) is 2.14. The van der Waals surface area contributed by atoms with Gasteiger partial charge in [-0.15, -0.1) is 0 Å². The first-order valence-electron chi connectivity index (χ1n) is 5.82. The largest absolute Gasteiger partial charge is 0.389 e. The predicted octanol–water partition coefficient (Wildman–Crippen LogP) is 0.850. The van der Waals surface area contributed by atoms with E-state index >= 15 is 0 Å². The van der Waals surface area contributed by atoms with E-state index in [4.69, 9.17) is 0 Å². The summed E-state index contributed by atoms with van der Waals surface area (Å²) >= 11 is 0. The fraction of sp³-hybridized carbons (Fsp3) is 0.917. The lowest BCUT2D eigenvalue weighted by molar-refractivity contribution is -0.129. The van der Waals surface area contributed by atoms with Crippen LogP contribution in [0.2, 0.25) is 0 Å². The summed E-state index contributed by atoms with van der Waals surface area (Å²) in [6.45, 7) is 8.24. The van der Waals surface area contributed by atoms with E-state index in [1.807, 2.05) is 27.7 Å². The Labute approximate surface area is 99.0 Å². The minimum atomic E-state index is -0.727. The SMILES string of the molecule is CC(CC(=O)N(C)C)NCC(C)(O)C(C)C. The molecule has 4 heteroatoms. The first kappa shape index (κ1) is 15.4. The summed E-state index contributed by atoms with van der Waals surface area (Å²) < 4.78 is 0. The van der Waals surface area contributed by atoms with E-state index in [0.29, 0.717) is 13.0 Å². The van der Waals surface area contributed by atoms with Crippen molar-refractivity contribution in [3.63, 3.8) is 0 Å². The first-order valence-corrected chi connectivity index (χ1v) is 5.82. The van der Waals surface area contributed by atoms with Crippen LogP contribution in [-0.2, 0) is 4.79 Å². The molecule has 4 nitrogen and oxygen atoms in total. The number of rotatable bonds is 6. The van der Waals surface area contributed by atoms with Crippen LogP contribution >= 0.6 is 0 Å². The highest BCUT2D eigenvalue weighted by Crippen LogP contribution is 2.14. The molecule has 0 fully saturated rings. The number of carbonyl (C=O) groups is 1. The number of amides is 1. The Bertz CT molecular complexity index is 225. The molecule has 96 valence electrons. The normalized spacial score (nSPS) is 17.0. The molecular formula is C12H26N2O2. The van der Waals surface area contributed by atoms with Gasteiger partial charge in [-0.3, -0.25) is 4.79 Å². The smallest absolute Gasteiger partial charge is 0.223 e. The van der Waals surface area contributed by atoms with Crippen molar-refractivity contribution in [1.29, 1.82) is 0 Å². The van der Waals surface area contributed by atoms with E-state index in [1.165, 1.54) is 0 Å². The van der Waals surface area contributed by atoms with Crippen LogP contribution in [0.3, 0.4) is 0 Å². The maximum Gasteiger partial charge on any atom is 0.223 e. The number of carbonyl (C=O) groups excluding carboxylic acids is 1. The second-order valence-corrected chi connectivity index (χ2v) is 5.29. The first-order chi connectivity index (χ1) is 7.16. The molecule has 0 aliphatic rings. The van der Waals surface area contributed by atoms with Crippen molar-refractivity contribution in [2.24, 2.45) is 5.92 Å². The van der Waals surface area contributed by atoms with Gasteiger partial charge in [-0.25, -0.2) is 0 Å². The van der Waals surface area contributed by atoms with Crippen molar-refractivity contribution >= 4 is 5.91 Å². The van der Waals surface area contributed by atoms with Crippen molar-refractivity contribution in [3.05, 3.63) is 0 Å². The van der Waals surface area contributed by atoms with Crippen molar-refractivity contribution in [3.8, 4) is 0 Å². The van der Waals surface area contributed by atoms with E-state index < -0.39 is 5.60 Å². The number of hydrogen-bond donors (Lipinski definition) is 2. The van der Waals surface area contributed by atoms with Gasteiger partial charge in [0.05, 0.1) is 5.60 Å². The summed E-state index contributed by atoms with van der Waals surface area (Å²) in [6.07, 6.45) is 0.459. The molecule has 0 aromatic rings. The zero-order valence-electron chi connectivity index (χ0n) is 11.4. The van der Waals surface area contributed by atoms with Crippen LogP contribution in [-0.4, -0.2) is 48.2 Å². The second kappa shape index (κ2) is 6.21. The molecule has 2 N–H and O–H groups in total. The van der Waals surface area contributed by atoms with Crippen LogP contribution in [0, 0.1) is 5.92 Å². The molecule has 0 rings (SSSR count). The van der Waals surface area contributed by atoms with Gasteiger partial charge in [-0.05, 0) is 19.8 Å². The molecular weight excluding hydrogens is 204 g/mol. The minimum absolute atomic E-state index is 0.0834. The number of aliphatic hydroxyl groups is 1. The van der Waals surface area contributed by atoms with Crippen LogP contribution in [0.4, 0.5) is 0 Å². The summed E-state index contributed by atoms with van der Waals surface area (Å²) in [7, 11) is 3.50. The van der Waals surface area contributed by atoms with E-state index in [9.17, 15) is 9.90 Å². The van der Waals surface area contributed by atoms with Gasteiger partial charge in [0.25, 0.3) is 0 Å². The Balaban J connectivity index is 3.99. The lowest BCUT2D eigenvalue weighted by Gasteiger charge is -2.29. The lowest BCUT2D eigenvalue weighted by atomic mass is 9.92. The maximum absolute atomic E-state index is 11.4. The summed E-state index contributed by atoms with van der Waals surface area (Å²) in [5.74, 6) is 0.293. The van der Waals surface area contributed by atoms with Gasteiger partial charge in [-0.2, -0.15) is 0 Å². The maximum atomic E-state index is 11.4. The molecule has 0 saturated heterocycles. The Morgan fingerprint density at radius 2 is 1.88 bits per heavy atom. The van der Waals surface area contributed by atoms with E-state index in [-0.39, 0.29) is 17.9 Å². The number of hydrogen-bond acceptors (Lipinski definition) is 3. The van der Waals surface area contributed by atoms with Crippen LogP contribution < -0.4 is 5.32 Å². The third-order valence-corrected chi connectivity index (χ3v) is 3.03. The molecule has 0 aromatic carbocycles. The van der Waals surface area contributed by atoms with E-state index in [1.54, 1.807) is 19.0 Å². The third kappa shape index (κ3) is 5.47. The van der Waals surface area contributed by atoms with Gasteiger partial charge in [0, 0.05) is 33.1 Å². The predicted molar refractivity (Wildman–Crippen MR) is 66.2 cm³/mol. The van der Waals surface area contributed by atoms with E-state index in [2.05, 4.69) is 5.32 Å². The van der Waals surface area contributed by atoms with Crippen molar-refractivity contribution in [2.45, 2.75) is 45.8 Å². The van der Waals surface area contributed by atoms with Gasteiger partial charge < -0.3 is 15.3 Å². The lowest BCUT2D eigenvalue weighted by Crippen LogP contribution is -2.46. The number of nitrogens with one attached hydrogen (secondary N) is 1. The van der Waals surface area contributed by atoms with Gasteiger partial charge in [-0.1, -0.05) is 13.8 Å². The van der Waals surface area contributed by atoms with Gasteiger partial charge in [0.2, 0.25) is 5.91 Å². The van der Waals surface area contributed by atoms with Gasteiger partial charge in [0.1, 0.15) is 0 Å². The van der Waals surface area contributed by atoms with Crippen molar-refractivity contribution < 1.29 is 9.90 Å². The average molecular weight is 230 g/mol. The van der Waals surface area contributed by atoms with Crippen LogP contribution in [0.15, 0.2) is 0 Å². The van der Waals surface area contributed by atoms with Crippen molar-refractivity contribution in [1.82, 2.24) is 10.2 Å². The molecule has 2 atom stereocenters. The molecule has 1 amide bonds. The zero-order chi connectivity index (χ0) is 12.9. The number of nitrogens with zero attached hydrogens (tertiary/aromatic N) is 1. The third-order valence-electron chi connectivity index (χ3n) is 3.03.